The zero-order chi connectivity index (χ0) is 19.1. The third kappa shape index (κ3) is 3.50. The Morgan fingerprint density at radius 1 is 1.15 bits per heavy atom. The molecular formula is C17H16F3NO3S2. The molecule has 1 aromatic carbocycles. The molecule has 0 bridgehead atoms. The Hall–Kier alpha value is -1.87. The molecule has 0 fully saturated rings. The van der Waals surface area contributed by atoms with Crippen LogP contribution in [0.5, 0.6) is 0 Å². The molecule has 0 spiro atoms. The minimum Gasteiger partial charge on any atom is -0.294 e. The van der Waals surface area contributed by atoms with Crippen LogP contribution in [0, 0.1) is 0 Å². The molecule has 140 valence electrons. The number of hydrogen-bond acceptors (Lipinski definition) is 4. The number of ketones is 1. The van der Waals surface area contributed by atoms with Gasteiger partial charge in [0.25, 0.3) is 10.0 Å². The first kappa shape index (κ1) is 18.9. The second-order valence-electron chi connectivity index (χ2n) is 6.07. The zero-order valence-electron chi connectivity index (χ0n) is 13.8. The highest BCUT2D eigenvalue weighted by Gasteiger charge is 2.37. The highest BCUT2D eigenvalue weighted by atomic mass is 32.2. The summed E-state index contributed by atoms with van der Waals surface area (Å²) in [6.07, 6.45) is -1.56. The summed E-state index contributed by atoms with van der Waals surface area (Å²) in [5.41, 5.74) is -0.147. The molecule has 1 aromatic heterocycles. The molecule has 0 amide bonds. The van der Waals surface area contributed by atoms with Crippen molar-refractivity contribution in [1.82, 2.24) is 0 Å². The summed E-state index contributed by atoms with van der Waals surface area (Å²) < 4.78 is 67.0. The summed E-state index contributed by atoms with van der Waals surface area (Å²) in [5, 5.41) is 0.0985. The van der Waals surface area contributed by atoms with E-state index in [1.165, 1.54) is 13.0 Å². The van der Waals surface area contributed by atoms with Crippen molar-refractivity contribution >= 4 is 32.1 Å². The Morgan fingerprint density at radius 3 is 2.46 bits per heavy atom. The van der Waals surface area contributed by atoms with Gasteiger partial charge in [-0.15, -0.1) is 11.3 Å². The maximum absolute atomic E-state index is 13.2. The van der Waals surface area contributed by atoms with Gasteiger partial charge in [0.1, 0.15) is 5.00 Å². The molecule has 0 unspecified atom stereocenters. The number of aryl methyl sites for hydroxylation is 1. The highest BCUT2D eigenvalue weighted by Crippen LogP contribution is 2.40. The van der Waals surface area contributed by atoms with Gasteiger partial charge in [-0.3, -0.25) is 9.52 Å². The van der Waals surface area contributed by atoms with E-state index in [1.807, 2.05) is 0 Å². The summed E-state index contributed by atoms with van der Waals surface area (Å²) in [7, 11) is -4.49. The lowest BCUT2D eigenvalue weighted by atomic mass is 9.94. The lowest BCUT2D eigenvalue weighted by Crippen LogP contribution is -2.19. The number of hydrogen-bond donors (Lipinski definition) is 1. The largest absolute Gasteiger partial charge is 0.417 e. The highest BCUT2D eigenvalue weighted by molar-refractivity contribution is 7.93. The molecule has 0 radical (unpaired) electrons. The molecule has 1 N–H and O–H groups in total. The van der Waals surface area contributed by atoms with Crippen molar-refractivity contribution in [1.29, 1.82) is 0 Å². The van der Waals surface area contributed by atoms with Gasteiger partial charge in [-0.1, -0.05) is 12.1 Å². The number of carbonyl (C=O) groups excluding carboxylic acids is 1. The maximum Gasteiger partial charge on any atom is 0.417 e. The molecule has 4 nitrogen and oxygen atoms in total. The van der Waals surface area contributed by atoms with Crippen LogP contribution in [0.2, 0.25) is 0 Å². The van der Waals surface area contributed by atoms with Crippen molar-refractivity contribution in [3.8, 4) is 0 Å². The first-order valence-corrected chi connectivity index (χ1v) is 10.3. The van der Waals surface area contributed by atoms with Crippen molar-refractivity contribution in [2.45, 2.75) is 43.7 Å². The number of rotatable bonds is 4. The minimum atomic E-state index is -4.80. The number of halogens is 3. The Labute approximate surface area is 153 Å². The van der Waals surface area contributed by atoms with Crippen molar-refractivity contribution in [2.24, 2.45) is 0 Å². The van der Waals surface area contributed by atoms with Gasteiger partial charge in [-0.05, 0) is 50.3 Å². The van der Waals surface area contributed by atoms with Crippen LogP contribution in [0.1, 0.15) is 46.1 Å². The second kappa shape index (κ2) is 6.70. The van der Waals surface area contributed by atoms with Crippen LogP contribution in [0.25, 0.3) is 0 Å². The molecule has 9 heteroatoms. The normalized spacial score (nSPS) is 14.8. The fourth-order valence-electron chi connectivity index (χ4n) is 3.12. The first-order chi connectivity index (χ1) is 12.1. The molecule has 1 aliphatic carbocycles. The number of alkyl halides is 3. The minimum absolute atomic E-state index is 0.0985. The Bertz CT molecular complexity index is 962. The third-order valence-corrected chi connectivity index (χ3v) is 6.98. The van der Waals surface area contributed by atoms with Crippen LogP contribution in [0.4, 0.5) is 18.2 Å². The van der Waals surface area contributed by atoms with E-state index in [2.05, 4.69) is 4.72 Å². The molecule has 0 saturated heterocycles. The Balaban J connectivity index is 2.07. The zero-order valence-corrected chi connectivity index (χ0v) is 15.4. The molecule has 0 saturated carbocycles. The van der Waals surface area contributed by atoms with E-state index >= 15 is 0 Å². The van der Waals surface area contributed by atoms with Gasteiger partial charge < -0.3 is 0 Å². The molecule has 26 heavy (non-hydrogen) atoms. The van der Waals surface area contributed by atoms with Gasteiger partial charge in [0, 0.05) is 4.88 Å². The fraction of sp³-hybridized carbons (Fsp3) is 0.353. The summed E-state index contributed by atoms with van der Waals surface area (Å²) in [6.45, 7) is 1.33. The van der Waals surface area contributed by atoms with Crippen LogP contribution in [-0.4, -0.2) is 14.2 Å². The van der Waals surface area contributed by atoms with E-state index in [0.717, 1.165) is 59.2 Å². The molecule has 0 aliphatic heterocycles. The van der Waals surface area contributed by atoms with E-state index < -0.39 is 26.7 Å². The van der Waals surface area contributed by atoms with E-state index in [9.17, 15) is 26.4 Å². The standard InChI is InChI=1S/C17H16F3NO3S2/c1-10(22)15-11-6-2-4-8-13(11)25-16(15)21-26(23,24)14-9-5-3-7-12(14)17(18,19)20/h3,5,7,9,21H,2,4,6,8H2,1H3. The fourth-order valence-corrected chi connectivity index (χ4v) is 5.99. The van der Waals surface area contributed by atoms with E-state index in [1.54, 1.807) is 0 Å². The average molecular weight is 403 g/mol. The van der Waals surface area contributed by atoms with E-state index in [4.69, 9.17) is 0 Å². The van der Waals surface area contributed by atoms with Crippen LogP contribution < -0.4 is 4.72 Å². The van der Waals surface area contributed by atoms with Gasteiger partial charge in [0.2, 0.25) is 0 Å². The topological polar surface area (TPSA) is 63.2 Å². The van der Waals surface area contributed by atoms with Gasteiger partial charge in [0.15, 0.2) is 5.78 Å². The quantitative estimate of drug-likeness (QED) is 0.756. The molecule has 3 rings (SSSR count). The van der Waals surface area contributed by atoms with Crippen molar-refractivity contribution < 1.29 is 26.4 Å². The van der Waals surface area contributed by atoms with Gasteiger partial charge in [-0.2, -0.15) is 13.2 Å². The third-order valence-electron chi connectivity index (χ3n) is 4.23. The predicted molar refractivity (Wildman–Crippen MR) is 93.2 cm³/mol. The van der Waals surface area contributed by atoms with Gasteiger partial charge >= 0.3 is 6.18 Å². The van der Waals surface area contributed by atoms with E-state index in [-0.39, 0.29) is 16.3 Å². The van der Waals surface area contributed by atoms with E-state index in [0.29, 0.717) is 6.42 Å². The van der Waals surface area contributed by atoms with Crippen LogP contribution in [-0.2, 0) is 29.0 Å². The Morgan fingerprint density at radius 2 is 1.81 bits per heavy atom. The summed E-state index contributed by atoms with van der Waals surface area (Å²) >= 11 is 1.13. The number of fused-ring (bicyclic) bond motifs is 1. The van der Waals surface area contributed by atoms with Crippen LogP contribution in [0.3, 0.4) is 0 Å². The number of sulfonamides is 1. The first-order valence-electron chi connectivity index (χ1n) is 7.96. The van der Waals surface area contributed by atoms with Gasteiger partial charge in [-0.25, -0.2) is 8.42 Å². The molecule has 0 atom stereocenters. The average Bonchev–Trinajstić information content (AvgIpc) is 2.91. The number of thiophene rings is 1. The smallest absolute Gasteiger partial charge is 0.294 e. The molecule has 1 aliphatic rings. The number of Topliss-reactive ketones (excluding diaryl/α,β-unsaturated/α-hetero) is 1. The van der Waals surface area contributed by atoms with Crippen LogP contribution in [0.15, 0.2) is 29.2 Å². The molecular weight excluding hydrogens is 387 g/mol. The van der Waals surface area contributed by atoms with Crippen molar-refractivity contribution in [3.05, 3.63) is 45.8 Å². The van der Waals surface area contributed by atoms with Gasteiger partial charge in [0.05, 0.1) is 16.0 Å². The lowest BCUT2D eigenvalue weighted by Gasteiger charge is -2.14. The number of benzene rings is 1. The maximum atomic E-state index is 13.2. The predicted octanol–water partition coefficient (Wildman–Crippen LogP) is 4.65. The second-order valence-corrected chi connectivity index (χ2v) is 8.83. The summed E-state index contributed by atoms with van der Waals surface area (Å²) in [4.78, 5) is 12.1. The summed E-state index contributed by atoms with van der Waals surface area (Å²) in [5.74, 6) is -0.300. The SMILES string of the molecule is CC(=O)c1c(NS(=O)(=O)c2ccccc2C(F)(F)F)sc2c1CCCC2. The number of nitrogens with one attached hydrogen (secondary N) is 1. The number of anilines is 1. The lowest BCUT2D eigenvalue weighted by molar-refractivity contribution is -0.139. The molecule has 2 aromatic rings. The monoisotopic (exact) mass is 403 g/mol. The molecule has 1 heterocycles. The summed E-state index contributed by atoms with van der Waals surface area (Å²) in [6, 6.07) is 3.99. The Kier molecular flexibility index (Phi) is 4.87. The van der Waals surface area contributed by atoms with Crippen molar-refractivity contribution in [2.75, 3.05) is 4.72 Å². The van der Waals surface area contributed by atoms with Crippen molar-refractivity contribution in [3.63, 3.8) is 0 Å². The number of carbonyl (C=O) groups is 1. The van der Waals surface area contributed by atoms with Crippen LogP contribution >= 0.6 is 11.3 Å².